The molecule has 4 aromatic rings. The van der Waals surface area contributed by atoms with Gasteiger partial charge in [0.1, 0.15) is 0 Å². The third kappa shape index (κ3) is 6.62. The molecule has 0 atom stereocenters. The van der Waals surface area contributed by atoms with Crippen LogP contribution in [0.25, 0.3) is 0 Å². The Morgan fingerprint density at radius 2 is 1.12 bits per heavy atom. The number of nitro groups is 1. The maximum absolute atomic E-state index is 10.7. The molecule has 2 fully saturated rings. The third-order valence-corrected chi connectivity index (χ3v) is 7.96. The number of nitrogens with zero attached hydrogens (tertiary/aromatic N) is 7. The van der Waals surface area contributed by atoms with E-state index < -0.39 is 0 Å². The fourth-order valence-corrected chi connectivity index (χ4v) is 5.62. The van der Waals surface area contributed by atoms with E-state index in [1.807, 2.05) is 60.1 Å². The molecule has 40 heavy (non-hydrogen) atoms. The van der Waals surface area contributed by atoms with Gasteiger partial charge in [-0.25, -0.2) is 9.97 Å². The largest absolute Gasteiger partial charge is 0.399 e. The zero-order valence-corrected chi connectivity index (χ0v) is 23.3. The van der Waals surface area contributed by atoms with Crippen molar-refractivity contribution in [2.45, 2.75) is 37.5 Å². The van der Waals surface area contributed by atoms with E-state index >= 15 is 0 Å². The molecule has 2 aliphatic heterocycles. The molecule has 0 bridgehead atoms. The Morgan fingerprint density at radius 3 is 1.48 bits per heavy atom. The molecule has 10 nitrogen and oxygen atoms in total. The Morgan fingerprint density at radius 1 is 0.725 bits per heavy atom. The van der Waals surface area contributed by atoms with Gasteiger partial charge < -0.3 is 24.7 Å². The van der Waals surface area contributed by atoms with E-state index in [-0.39, 0.29) is 10.6 Å². The first-order valence-electron chi connectivity index (χ1n) is 13.9. The summed E-state index contributed by atoms with van der Waals surface area (Å²) in [5, 5.41) is 10.7. The summed E-state index contributed by atoms with van der Waals surface area (Å²) in [6.45, 7) is 4.09. The van der Waals surface area contributed by atoms with Crippen LogP contribution in [-0.4, -0.2) is 50.2 Å². The number of aryl methyl sites for hydroxylation is 2. The van der Waals surface area contributed by atoms with Gasteiger partial charge >= 0.3 is 0 Å². The molecule has 6 rings (SSSR count). The number of nitrogens with two attached hydrogens (primary N) is 1. The molecule has 0 saturated carbocycles. The summed E-state index contributed by atoms with van der Waals surface area (Å²) in [5.74, 6) is 1.12. The maximum Gasteiger partial charge on any atom is 0.269 e. The SMILES string of the molecule is Cn1cnc(C2CCN(c3ccc(N)cc3)CC2)c1.Cn1cnc(C2CCN(c3ccc([N+](=O)[O-])cc3)CC2)c1. The maximum atomic E-state index is 10.7. The molecule has 2 aliphatic rings. The van der Waals surface area contributed by atoms with Gasteiger partial charge in [-0.1, -0.05) is 0 Å². The van der Waals surface area contributed by atoms with Crippen LogP contribution in [0.3, 0.4) is 0 Å². The van der Waals surface area contributed by atoms with Crippen LogP contribution in [0.4, 0.5) is 22.7 Å². The van der Waals surface area contributed by atoms with Crippen molar-refractivity contribution in [3.8, 4) is 0 Å². The molecule has 4 heterocycles. The van der Waals surface area contributed by atoms with Gasteiger partial charge in [0.05, 0.1) is 29.0 Å². The van der Waals surface area contributed by atoms with Crippen LogP contribution in [0.15, 0.2) is 73.6 Å². The number of non-ortho nitro benzene ring substituents is 1. The van der Waals surface area contributed by atoms with Gasteiger partial charge in [0.15, 0.2) is 0 Å². The summed E-state index contributed by atoms with van der Waals surface area (Å²) in [4.78, 5) is 23.9. The fourth-order valence-electron chi connectivity index (χ4n) is 5.62. The van der Waals surface area contributed by atoms with Crippen molar-refractivity contribution >= 4 is 22.7 Å². The highest BCUT2D eigenvalue weighted by Gasteiger charge is 2.23. The lowest BCUT2D eigenvalue weighted by Gasteiger charge is -2.33. The van der Waals surface area contributed by atoms with Crippen molar-refractivity contribution in [1.29, 1.82) is 0 Å². The number of aromatic nitrogens is 4. The number of hydrogen-bond donors (Lipinski definition) is 1. The summed E-state index contributed by atoms with van der Waals surface area (Å²) in [6, 6.07) is 15.0. The van der Waals surface area contributed by atoms with Gasteiger partial charge in [-0.05, 0) is 62.1 Å². The molecule has 0 amide bonds. The van der Waals surface area contributed by atoms with E-state index in [0.717, 1.165) is 50.4 Å². The smallest absolute Gasteiger partial charge is 0.269 e. The second-order valence-electron chi connectivity index (χ2n) is 10.8. The molecule has 2 N–H and O–H groups in total. The van der Waals surface area contributed by atoms with E-state index in [9.17, 15) is 10.1 Å². The lowest BCUT2D eigenvalue weighted by atomic mass is 9.94. The van der Waals surface area contributed by atoms with Crippen molar-refractivity contribution in [3.63, 3.8) is 0 Å². The minimum atomic E-state index is -0.364. The van der Waals surface area contributed by atoms with Crippen molar-refractivity contribution < 1.29 is 4.92 Å². The van der Waals surface area contributed by atoms with Crippen LogP contribution < -0.4 is 15.5 Å². The Hall–Kier alpha value is -4.34. The van der Waals surface area contributed by atoms with Gasteiger partial charge in [0.2, 0.25) is 0 Å². The van der Waals surface area contributed by atoms with Crippen molar-refractivity contribution in [3.05, 3.63) is 95.1 Å². The van der Waals surface area contributed by atoms with Gasteiger partial charge in [0.25, 0.3) is 5.69 Å². The molecule has 0 radical (unpaired) electrons. The number of benzene rings is 2. The first-order chi connectivity index (χ1) is 19.4. The van der Waals surface area contributed by atoms with Crippen LogP contribution >= 0.6 is 0 Å². The van der Waals surface area contributed by atoms with E-state index in [1.54, 1.807) is 12.1 Å². The highest BCUT2D eigenvalue weighted by molar-refractivity contribution is 5.53. The average molecular weight is 543 g/mol. The summed E-state index contributed by atoms with van der Waals surface area (Å²) in [7, 11) is 4.02. The lowest BCUT2D eigenvalue weighted by Crippen LogP contribution is -2.32. The highest BCUT2D eigenvalue weighted by atomic mass is 16.6. The van der Waals surface area contributed by atoms with E-state index in [1.165, 1.54) is 29.9 Å². The van der Waals surface area contributed by atoms with Crippen LogP contribution in [0.5, 0.6) is 0 Å². The first kappa shape index (κ1) is 27.2. The standard InChI is InChI=1S/C15H18N4O2.C15H20N4/c1-17-10-15(16-11-17)12-6-8-18(9-7-12)13-2-4-14(5-3-13)19(20)21;1-18-10-15(17-11-18)12-6-8-19(9-7-12)14-4-2-13(16)3-5-14/h2-5,10-12H,6-9H2,1H3;2-5,10-12H,6-9,16H2,1H3. The van der Waals surface area contributed by atoms with E-state index in [4.69, 9.17) is 5.73 Å². The van der Waals surface area contributed by atoms with Gasteiger partial charge in [-0.3, -0.25) is 10.1 Å². The number of nitrogen functional groups attached to an aromatic ring is 1. The van der Waals surface area contributed by atoms with Crippen LogP contribution in [0.2, 0.25) is 0 Å². The van der Waals surface area contributed by atoms with Crippen LogP contribution in [-0.2, 0) is 14.1 Å². The Kier molecular flexibility index (Phi) is 8.33. The van der Waals surface area contributed by atoms with E-state index in [0.29, 0.717) is 11.8 Å². The molecule has 0 unspecified atom stereocenters. The number of imidazole rings is 2. The number of nitro benzene ring substituents is 1. The fraction of sp³-hybridized carbons (Fsp3) is 0.400. The monoisotopic (exact) mass is 542 g/mol. The minimum absolute atomic E-state index is 0.141. The number of hydrogen-bond acceptors (Lipinski definition) is 7. The highest BCUT2D eigenvalue weighted by Crippen LogP contribution is 2.31. The summed E-state index contributed by atoms with van der Waals surface area (Å²) >= 11 is 0. The Labute approximate surface area is 235 Å². The van der Waals surface area contributed by atoms with E-state index in [2.05, 4.69) is 44.3 Å². The summed E-state index contributed by atoms with van der Waals surface area (Å²) < 4.78 is 4.01. The topological polar surface area (TPSA) is 111 Å². The molecule has 10 heteroatoms. The molecule has 2 aromatic heterocycles. The number of rotatable bonds is 5. The Balaban J connectivity index is 0.000000162. The second-order valence-corrected chi connectivity index (χ2v) is 10.8. The van der Waals surface area contributed by atoms with Gasteiger partial charge in [-0.2, -0.15) is 0 Å². The van der Waals surface area contributed by atoms with Gasteiger partial charge in [0, 0.05) is 93.7 Å². The van der Waals surface area contributed by atoms with Crippen molar-refractivity contribution in [1.82, 2.24) is 19.1 Å². The predicted octanol–water partition coefficient (Wildman–Crippen LogP) is 5.10. The Bertz CT molecular complexity index is 1380. The molecule has 0 aliphatic carbocycles. The zero-order valence-electron chi connectivity index (χ0n) is 23.3. The zero-order chi connectivity index (χ0) is 28.1. The van der Waals surface area contributed by atoms with Crippen LogP contribution in [0, 0.1) is 10.1 Å². The van der Waals surface area contributed by atoms with Crippen LogP contribution in [0.1, 0.15) is 48.9 Å². The second kappa shape index (κ2) is 12.2. The molecule has 2 saturated heterocycles. The van der Waals surface area contributed by atoms with Crippen molar-refractivity contribution in [2.24, 2.45) is 14.1 Å². The number of anilines is 3. The number of piperidine rings is 2. The predicted molar refractivity (Wildman–Crippen MR) is 159 cm³/mol. The molecule has 2 aromatic carbocycles. The minimum Gasteiger partial charge on any atom is -0.399 e. The van der Waals surface area contributed by atoms with Gasteiger partial charge in [-0.15, -0.1) is 0 Å². The third-order valence-electron chi connectivity index (χ3n) is 7.96. The quantitative estimate of drug-likeness (QED) is 0.212. The first-order valence-corrected chi connectivity index (χ1v) is 13.9. The molecular weight excluding hydrogens is 504 g/mol. The molecule has 0 spiro atoms. The summed E-state index contributed by atoms with van der Waals surface area (Å²) in [6.07, 6.45) is 12.4. The normalized spacial score (nSPS) is 16.4. The molecular formula is C30H38N8O2. The summed E-state index contributed by atoms with van der Waals surface area (Å²) in [5.41, 5.74) is 11.4. The molecule has 210 valence electrons. The average Bonchev–Trinajstić information content (AvgIpc) is 3.62. The van der Waals surface area contributed by atoms with Crippen molar-refractivity contribution in [2.75, 3.05) is 41.7 Å². The lowest BCUT2D eigenvalue weighted by molar-refractivity contribution is -0.384.